The Hall–Kier alpha value is -2.38. The van der Waals surface area contributed by atoms with Gasteiger partial charge in [-0.25, -0.2) is 8.42 Å². The van der Waals surface area contributed by atoms with Crippen LogP contribution in [-0.2, 0) is 16.4 Å². The number of sulfonamides is 1. The SMILES string of the molecule is CS(=O)(=O)Nc1ccc(-c2nc(Cc3cccc(Cl)c3)no2)cc1. The fraction of sp³-hybridized carbons (Fsp3) is 0.125. The molecule has 0 aliphatic heterocycles. The van der Waals surface area contributed by atoms with E-state index in [1.165, 1.54) is 0 Å². The average molecular weight is 364 g/mol. The van der Waals surface area contributed by atoms with Gasteiger partial charge < -0.3 is 4.52 Å². The number of nitrogens with zero attached hydrogens (tertiary/aromatic N) is 2. The summed E-state index contributed by atoms with van der Waals surface area (Å²) in [5.74, 6) is 0.920. The predicted octanol–water partition coefficient (Wildman–Crippen LogP) is 3.35. The Morgan fingerprint density at radius 3 is 2.58 bits per heavy atom. The summed E-state index contributed by atoms with van der Waals surface area (Å²) in [7, 11) is -3.30. The lowest BCUT2D eigenvalue weighted by Gasteiger charge is -2.03. The van der Waals surface area contributed by atoms with E-state index in [1.807, 2.05) is 18.2 Å². The van der Waals surface area contributed by atoms with Gasteiger partial charge in [-0.05, 0) is 42.0 Å². The van der Waals surface area contributed by atoms with Crippen LogP contribution in [0.2, 0.25) is 5.02 Å². The summed E-state index contributed by atoms with van der Waals surface area (Å²) in [6.45, 7) is 0. The normalized spacial score (nSPS) is 11.4. The lowest BCUT2D eigenvalue weighted by molar-refractivity contribution is 0.424. The first-order valence-electron chi connectivity index (χ1n) is 7.04. The minimum atomic E-state index is -3.30. The van der Waals surface area contributed by atoms with E-state index in [-0.39, 0.29) is 0 Å². The molecule has 0 spiro atoms. The van der Waals surface area contributed by atoms with Crippen molar-refractivity contribution in [3.05, 3.63) is 64.9 Å². The quantitative estimate of drug-likeness (QED) is 0.751. The molecule has 8 heteroatoms. The van der Waals surface area contributed by atoms with Crippen molar-refractivity contribution in [2.24, 2.45) is 0 Å². The van der Waals surface area contributed by atoms with Crippen molar-refractivity contribution >= 4 is 27.3 Å². The van der Waals surface area contributed by atoms with Crippen molar-refractivity contribution in [3.8, 4) is 11.5 Å². The first-order chi connectivity index (χ1) is 11.4. The maximum absolute atomic E-state index is 11.2. The molecule has 3 aromatic rings. The maximum Gasteiger partial charge on any atom is 0.257 e. The van der Waals surface area contributed by atoms with Crippen LogP contribution in [0, 0.1) is 0 Å². The second-order valence-electron chi connectivity index (χ2n) is 5.27. The Kier molecular flexibility index (Phi) is 4.55. The van der Waals surface area contributed by atoms with Gasteiger partial charge in [-0.1, -0.05) is 28.9 Å². The molecule has 0 unspecified atom stereocenters. The largest absolute Gasteiger partial charge is 0.334 e. The molecule has 1 aromatic heterocycles. The van der Waals surface area contributed by atoms with E-state index in [2.05, 4.69) is 14.9 Å². The van der Waals surface area contributed by atoms with Crippen molar-refractivity contribution in [2.75, 3.05) is 11.0 Å². The highest BCUT2D eigenvalue weighted by Crippen LogP contribution is 2.21. The Morgan fingerprint density at radius 1 is 1.17 bits per heavy atom. The standard InChI is InChI=1S/C16H14ClN3O3S/c1-24(21,22)20-14-7-5-12(6-8-14)16-18-15(19-23-16)10-11-3-2-4-13(17)9-11/h2-9,20H,10H2,1H3. The maximum atomic E-state index is 11.2. The van der Waals surface area contributed by atoms with Crippen LogP contribution < -0.4 is 4.72 Å². The van der Waals surface area contributed by atoms with Crippen LogP contribution in [0.1, 0.15) is 11.4 Å². The summed E-state index contributed by atoms with van der Waals surface area (Å²) >= 11 is 5.96. The highest BCUT2D eigenvalue weighted by molar-refractivity contribution is 7.92. The molecule has 3 rings (SSSR count). The van der Waals surface area contributed by atoms with E-state index < -0.39 is 10.0 Å². The zero-order chi connectivity index (χ0) is 17.2. The van der Waals surface area contributed by atoms with Crippen molar-refractivity contribution in [1.29, 1.82) is 0 Å². The van der Waals surface area contributed by atoms with Gasteiger partial charge in [-0.15, -0.1) is 0 Å². The molecule has 0 amide bonds. The lowest BCUT2D eigenvalue weighted by Crippen LogP contribution is -2.09. The number of aromatic nitrogens is 2. The molecule has 0 atom stereocenters. The molecular formula is C16H14ClN3O3S. The number of benzene rings is 2. The summed E-state index contributed by atoms with van der Waals surface area (Å²) in [5.41, 5.74) is 2.17. The van der Waals surface area contributed by atoms with Crippen LogP contribution in [0.4, 0.5) is 5.69 Å². The smallest absolute Gasteiger partial charge is 0.257 e. The van der Waals surface area contributed by atoms with E-state index in [1.54, 1.807) is 30.3 Å². The number of halogens is 1. The predicted molar refractivity (Wildman–Crippen MR) is 92.5 cm³/mol. The lowest BCUT2D eigenvalue weighted by atomic mass is 10.1. The molecule has 0 saturated heterocycles. The van der Waals surface area contributed by atoms with Gasteiger partial charge in [-0.3, -0.25) is 4.72 Å². The highest BCUT2D eigenvalue weighted by atomic mass is 35.5. The van der Waals surface area contributed by atoms with E-state index in [4.69, 9.17) is 16.1 Å². The van der Waals surface area contributed by atoms with Gasteiger partial charge in [0.1, 0.15) is 0 Å². The third-order valence-electron chi connectivity index (χ3n) is 3.15. The third-order valence-corrected chi connectivity index (χ3v) is 4.00. The van der Waals surface area contributed by atoms with Crippen LogP contribution in [0.15, 0.2) is 53.1 Å². The molecule has 0 radical (unpaired) electrons. The van der Waals surface area contributed by atoms with Crippen molar-refractivity contribution in [2.45, 2.75) is 6.42 Å². The molecule has 2 aromatic carbocycles. The molecule has 0 fully saturated rings. The van der Waals surface area contributed by atoms with Crippen LogP contribution in [0.25, 0.3) is 11.5 Å². The molecule has 0 saturated carbocycles. The van der Waals surface area contributed by atoms with Gasteiger partial charge in [0.2, 0.25) is 10.0 Å². The summed E-state index contributed by atoms with van der Waals surface area (Å²) in [6.07, 6.45) is 1.61. The fourth-order valence-electron chi connectivity index (χ4n) is 2.17. The molecule has 0 bridgehead atoms. The van der Waals surface area contributed by atoms with Crippen LogP contribution in [0.5, 0.6) is 0 Å². The molecular weight excluding hydrogens is 350 g/mol. The average Bonchev–Trinajstić information content (AvgIpc) is 2.95. The van der Waals surface area contributed by atoms with Gasteiger partial charge in [0.25, 0.3) is 5.89 Å². The van der Waals surface area contributed by atoms with Crippen molar-refractivity contribution in [1.82, 2.24) is 10.1 Å². The van der Waals surface area contributed by atoms with Gasteiger partial charge in [0.05, 0.1) is 6.26 Å². The molecule has 0 aliphatic carbocycles. The first-order valence-corrected chi connectivity index (χ1v) is 9.31. The van der Waals surface area contributed by atoms with Gasteiger partial charge in [0.15, 0.2) is 5.82 Å². The Labute approximate surface area is 144 Å². The van der Waals surface area contributed by atoms with Crippen LogP contribution >= 0.6 is 11.6 Å². The second kappa shape index (κ2) is 6.62. The number of hydrogen-bond donors (Lipinski definition) is 1. The molecule has 6 nitrogen and oxygen atoms in total. The number of nitrogens with one attached hydrogen (secondary N) is 1. The summed E-state index contributed by atoms with van der Waals surface area (Å²) in [6, 6.07) is 14.2. The van der Waals surface area contributed by atoms with E-state index in [0.29, 0.717) is 34.4 Å². The molecule has 24 heavy (non-hydrogen) atoms. The minimum Gasteiger partial charge on any atom is -0.334 e. The Bertz CT molecular complexity index is 953. The summed E-state index contributed by atoms with van der Waals surface area (Å²) < 4.78 is 30.0. The van der Waals surface area contributed by atoms with Gasteiger partial charge in [-0.2, -0.15) is 4.98 Å². The molecule has 1 N–H and O–H groups in total. The van der Waals surface area contributed by atoms with Crippen molar-refractivity contribution < 1.29 is 12.9 Å². The summed E-state index contributed by atoms with van der Waals surface area (Å²) in [5, 5.41) is 4.62. The molecule has 1 heterocycles. The highest BCUT2D eigenvalue weighted by Gasteiger charge is 2.10. The van der Waals surface area contributed by atoms with E-state index >= 15 is 0 Å². The molecule has 0 aliphatic rings. The number of rotatable bonds is 5. The molecule has 124 valence electrons. The van der Waals surface area contributed by atoms with Gasteiger partial charge >= 0.3 is 0 Å². The monoisotopic (exact) mass is 363 g/mol. The van der Waals surface area contributed by atoms with E-state index in [0.717, 1.165) is 11.8 Å². The van der Waals surface area contributed by atoms with Crippen LogP contribution in [0.3, 0.4) is 0 Å². The number of anilines is 1. The zero-order valence-corrected chi connectivity index (χ0v) is 14.3. The topological polar surface area (TPSA) is 85.1 Å². The summed E-state index contributed by atoms with van der Waals surface area (Å²) in [4.78, 5) is 4.35. The second-order valence-corrected chi connectivity index (χ2v) is 7.46. The fourth-order valence-corrected chi connectivity index (χ4v) is 2.94. The minimum absolute atomic E-state index is 0.373. The third kappa shape index (κ3) is 4.33. The van der Waals surface area contributed by atoms with Crippen LogP contribution in [-0.4, -0.2) is 24.8 Å². The van der Waals surface area contributed by atoms with E-state index in [9.17, 15) is 8.42 Å². The number of hydrogen-bond acceptors (Lipinski definition) is 5. The first kappa shape index (κ1) is 16.5. The van der Waals surface area contributed by atoms with Gasteiger partial charge in [0, 0.05) is 22.7 Å². The Balaban J connectivity index is 1.75. The Morgan fingerprint density at radius 2 is 1.92 bits per heavy atom. The zero-order valence-electron chi connectivity index (χ0n) is 12.7. The van der Waals surface area contributed by atoms with Crippen molar-refractivity contribution in [3.63, 3.8) is 0 Å².